The van der Waals surface area contributed by atoms with Crippen LogP contribution in [0.4, 0.5) is 0 Å². The van der Waals surface area contributed by atoms with Crippen LogP contribution >= 0.6 is 0 Å². The van der Waals surface area contributed by atoms with E-state index in [4.69, 9.17) is 4.84 Å². The number of piperidine rings is 2. The van der Waals surface area contributed by atoms with Crippen molar-refractivity contribution in [2.45, 2.75) is 19.8 Å². The number of fused-ring (bicyclic) bond motifs is 2. The molecule has 12 heavy (non-hydrogen) atoms. The topological polar surface area (TPSA) is 24.8 Å². The first-order valence-electron chi connectivity index (χ1n) is 4.57. The minimum atomic E-state index is 0.383. The molecular formula is C9H16N2O. The van der Waals surface area contributed by atoms with Gasteiger partial charge in [0.2, 0.25) is 0 Å². The zero-order chi connectivity index (χ0) is 8.60. The van der Waals surface area contributed by atoms with Gasteiger partial charge in [-0.3, -0.25) is 0 Å². The quantitative estimate of drug-likeness (QED) is 0.455. The van der Waals surface area contributed by atoms with Gasteiger partial charge in [-0.2, -0.15) is 0 Å². The largest absolute Gasteiger partial charge is 0.399 e. The lowest BCUT2D eigenvalue weighted by atomic mass is 9.69. The van der Waals surface area contributed by atoms with Crippen LogP contribution in [0, 0.1) is 5.41 Å². The standard InChI is InChI=1S/C9H16N2O/c1-8(10-12-2)9-4-3-5-11(6-9)7-9/h3-7H2,1-2H3. The summed E-state index contributed by atoms with van der Waals surface area (Å²) >= 11 is 0. The average Bonchev–Trinajstić information content (AvgIpc) is 2.04. The van der Waals surface area contributed by atoms with Crippen molar-refractivity contribution in [3.05, 3.63) is 0 Å². The summed E-state index contributed by atoms with van der Waals surface area (Å²) in [4.78, 5) is 7.30. The van der Waals surface area contributed by atoms with Gasteiger partial charge in [0.25, 0.3) is 0 Å². The molecule has 0 N–H and O–H groups in total. The van der Waals surface area contributed by atoms with E-state index < -0.39 is 0 Å². The van der Waals surface area contributed by atoms with Crippen LogP contribution in [0.2, 0.25) is 0 Å². The Bertz CT molecular complexity index is 201. The molecule has 3 fully saturated rings. The number of nitrogens with zero attached hydrogens (tertiary/aromatic N) is 2. The number of hydrogen-bond acceptors (Lipinski definition) is 3. The lowest BCUT2D eigenvalue weighted by molar-refractivity contribution is 0.00122. The van der Waals surface area contributed by atoms with Gasteiger partial charge in [-0.1, -0.05) is 5.16 Å². The van der Waals surface area contributed by atoms with E-state index in [2.05, 4.69) is 17.0 Å². The Labute approximate surface area is 73.4 Å². The zero-order valence-corrected chi connectivity index (χ0v) is 7.84. The number of hydrogen-bond donors (Lipinski definition) is 0. The van der Waals surface area contributed by atoms with Gasteiger partial charge in [0.1, 0.15) is 7.11 Å². The molecule has 0 unspecified atom stereocenters. The van der Waals surface area contributed by atoms with E-state index in [1.165, 1.54) is 38.2 Å². The Kier molecular flexibility index (Phi) is 1.83. The van der Waals surface area contributed by atoms with Gasteiger partial charge in [-0.25, -0.2) is 0 Å². The van der Waals surface area contributed by atoms with Crippen molar-refractivity contribution >= 4 is 5.71 Å². The molecule has 3 rings (SSSR count). The summed E-state index contributed by atoms with van der Waals surface area (Å²) in [5.74, 6) is 0. The molecule has 0 aromatic heterocycles. The fourth-order valence-electron chi connectivity index (χ4n) is 2.41. The maximum atomic E-state index is 4.82. The Hall–Kier alpha value is -0.570. The summed E-state index contributed by atoms with van der Waals surface area (Å²) in [6.07, 6.45) is 2.61. The summed E-state index contributed by atoms with van der Waals surface area (Å²) in [6, 6.07) is 0. The summed E-state index contributed by atoms with van der Waals surface area (Å²) < 4.78 is 0. The minimum absolute atomic E-state index is 0.383. The molecule has 0 saturated carbocycles. The molecule has 3 aliphatic rings. The lowest BCUT2D eigenvalue weighted by Gasteiger charge is -2.54. The van der Waals surface area contributed by atoms with E-state index >= 15 is 0 Å². The predicted octanol–water partition coefficient (Wildman–Crippen LogP) is 1.10. The van der Waals surface area contributed by atoms with Gasteiger partial charge < -0.3 is 9.74 Å². The van der Waals surface area contributed by atoms with E-state index in [0.29, 0.717) is 5.41 Å². The molecule has 0 aliphatic carbocycles. The molecule has 0 aromatic carbocycles. The normalized spacial score (nSPS) is 40.5. The number of rotatable bonds is 2. The summed E-state index contributed by atoms with van der Waals surface area (Å²) in [5, 5.41) is 4.05. The Balaban J connectivity index is 2.07. The monoisotopic (exact) mass is 168 g/mol. The van der Waals surface area contributed by atoms with E-state index in [1.807, 2.05) is 0 Å². The minimum Gasteiger partial charge on any atom is -0.399 e. The highest BCUT2D eigenvalue weighted by atomic mass is 16.6. The van der Waals surface area contributed by atoms with Gasteiger partial charge in [-0.05, 0) is 26.3 Å². The molecule has 0 atom stereocenters. The van der Waals surface area contributed by atoms with Crippen molar-refractivity contribution < 1.29 is 4.84 Å². The molecule has 0 radical (unpaired) electrons. The van der Waals surface area contributed by atoms with Crippen LogP contribution < -0.4 is 0 Å². The summed E-state index contributed by atoms with van der Waals surface area (Å²) in [7, 11) is 1.62. The fourth-order valence-corrected chi connectivity index (χ4v) is 2.41. The molecule has 0 spiro atoms. The van der Waals surface area contributed by atoms with Crippen LogP contribution in [0.15, 0.2) is 5.16 Å². The van der Waals surface area contributed by atoms with Crippen molar-refractivity contribution in [3.63, 3.8) is 0 Å². The molecule has 2 bridgehead atoms. The Morgan fingerprint density at radius 3 is 2.75 bits per heavy atom. The maximum Gasteiger partial charge on any atom is 0.106 e. The van der Waals surface area contributed by atoms with E-state index in [9.17, 15) is 0 Å². The van der Waals surface area contributed by atoms with Gasteiger partial charge in [-0.15, -0.1) is 0 Å². The smallest absolute Gasteiger partial charge is 0.106 e. The van der Waals surface area contributed by atoms with Crippen LogP contribution in [0.3, 0.4) is 0 Å². The molecule has 68 valence electrons. The first kappa shape index (κ1) is 8.05. The second-order valence-electron chi connectivity index (χ2n) is 3.95. The first-order valence-corrected chi connectivity index (χ1v) is 4.57. The van der Waals surface area contributed by atoms with Gasteiger partial charge >= 0.3 is 0 Å². The van der Waals surface area contributed by atoms with Crippen molar-refractivity contribution in [2.24, 2.45) is 10.6 Å². The second-order valence-corrected chi connectivity index (χ2v) is 3.95. The zero-order valence-electron chi connectivity index (χ0n) is 7.84. The van der Waals surface area contributed by atoms with Crippen molar-refractivity contribution in [2.75, 3.05) is 26.7 Å². The molecule has 0 aromatic rings. The molecule has 3 aliphatic heterocycles. The Morgan fingerprint density at radius 1 is 1.50 bits per heavy atom. The Morgan fingerprint density at radius 2 is 2.25 bits per heavy atom. The molecule has 3 heterocycles. The SMILES string of the molecule is CON=C(C)C12CCCN(C1)C2. The van der Waals surface area contributed by atoms with Crippen LogP contribution in [-0.2, 0) is 4.84 Å². The van der Waals surface area contributed by atoms with Crippen LogP contribution in [0.25, 0.3) is 0 Å². The van der Waals surface area contributed by atoms with Gasteiger partial charge in [0, 0.05) is 18.5 Å². The van der Waals surface area contributed by atoms with E-state index in [0.717, 1.165) is 0 Å². The van der Waals surface area contributed by atoms with Crippen molar-refractivity contribution in [1.82, 2.24) is 4.90 Å². The second kappa shape index (κ2) is 2.73. The van der Waals surface area contributed by atoms with Gasteiger partial charge in [0.15, 0.2) is 0 Å². The highest BCUT2D eigenvalue weighted by molar-refractivity contribution is 5.89. The predicted molar refractivity (Wildman–Crippen MR) is 48.2 cm³/mol. The van der Waals surface area contributed by atoms with Crippen molar-refractivity contribution in [3.8, 4) is 0 Å². The molecular weight excluding hydrogens is 152 g/mol. The third-order valence-electron chi connectivity index (χ3n) is 3.18. The average molecular weight is 168 g/mol. The van der Waals surface area contributed by atoms with Crippen molar-refractivity contribution in [1.29, 1.82) is 0 Å². The van der Waals surface area contributed by atoms with E-state index in [-0.39, 0.29) is 0 Å². The fraction of sp³-hybridized carbons (Fsp3) is 0.889. The highest BCUT2D eigenvalue weighted by Crippen LogP contribution is 2.41. The summed E-state index contributed by atoms with van der Waals surface area (Å²) in [6.45, 7) is 5.77. The third kappa shape index (κ3) is 1.04. The molecule has 3 saturated heterocycles. The molecule has 0 amide bonds. The maximum absolute atomic E-state index is 4.82. The third-order valence-corrected chi connectivity index (χ3v) is 3.18. The van der Waals surface area contributed by atoms with Crippen LogP contribution in [-0.4, -0.2) is 37.4 Å². The first-order chi connectivity index (χ1) is 5.77. The lowest BCUT2D eigenvalue weighted by Crippen LogP contribution is -2.63. The van der Waals surface area contributed by atoms with Gasteiger partial charge in [0.05, 0.1) is 5.71 Å². The van der Waals surface area contributed by atoms with Crippen LogP contribution in [0.1, 0.15) is 19.8 Å². The number of oxime groups is 1. The van der Waals surface area contributed by atoms with Crippen LogP contribution in [0.5, 0.6) is 0 Å². The summed E-state index contributed by atoms with van der Waals surface area (Å²) in [5.41, 5.74) is 1.56. The molecule has 3 heteroatoms. The molecule has 3 nitrogen and oxygen atoms in total. The van der Waals surface area contributed by atoms with E-state index in [1.54, 1.807) is 7.11 Å². The highest BCUT2D eigenvalue weighted by Gasteiger charge is 2.48.